The predicted molar refractivity (Wildman–Crippen MR) is 135 cm³/mol. The van der Waals surface area contributed by atoms with Crippen molar-refractivity contribution in [1.82, 2.24) is 45.9 Å². The van der Waals surface area contributed by atoms with Crippen LogP contribution in [0, 0.1) is 18.3 Å². The van der Waals surface area contributed by atoms with Gasteiger partial charge in [-0.3, -0.25) is 15.2 Å². The first kappa shape index (κ1) is 24.0. The molecule has 0 aliphatic carbocycles. The van der Waals surface area contributed by atoms with Gasteiger partial charge in [0, 0.05) is 42.3 Å². The van der Waals surface area contributed by atoms with Crippen molar-refractivity contribution in [3.63, 3.8) is 0 Å². The van der Waals surface area contributed by atoms with Crippen molar-refractivity contribution < 1.29 is 4.79 Å². The van der Waals surface area contributed by atoms with Crippen molar-refractivity contribution in [2.75, 3.05) is 5.32 Å². The molecular weight excluding hydrogens is 470 g/mol. The van der Waals surface area contributed by atoms with Crippen molar-refractivity contribution in [1.29, 1.82) is 5.26 Å². The highest BCUT2D eigenvalue weighted by molar-refractivity contribution is 5.92. The van der Waals surface area contributed by atoms with Crippen molar-refractivity contribution in [3.05, 3.63) is 77.6 Å². The lowest BCUT2D eigenvalue weighted by atomic mass is 10.2. The van der Waals surface area contributed by atoms with Crippen LogP contribution < -0.4 is 21.5 Å². The van der Waals surface area contributed by atoms with Crippen LogP contribution in [0.3, 0.4) is 0 Å². The molecule has 4 N–H and O–H groups in total. The molecule has 1 aliphatic heterocycles. The molecule has 186 valence electrons. The molecule has 4 aromatic heterocycles. The Hall–Kier alpha value is -4.73. The molecule has 1 aliphatic rings. The van der Waals surface area contributed by atoms with Gasteiger partial charge in [0.2, 0.25) is 0 Å². The third kappa shape index (κ3) is 5.75. The van der Waals surface area contributed by atoms with Crippen LogP contribution in [0.2, 0.25) is 0 Å². The van der Waals surface area contributed by atoms with Crippen molar-refractivity contribution >= 4 is 11.7 Å². The zero-order chi connectivity index (χ0) is 25.8. The van der Waals surface area contributed by atoms with Crippen LogP contribution in [0.15, 0.2) is 55.1 Å². The third-order valence-electron chi connectivity index (χ3n) is 5.73. The van der Waals surface area contributed by atoms with E-state index in [1.807, 2.05) is 25.1 Å². The Kier molecular flexibility index (Phi) is 6.80. The molecule has 4 aromatic rings. The summed E-state index contributed by atoms with van der Waals surface area (Å²) in [5.74, 6) is 1.53. The number of pyridine rings is 2. The fourth-order valence-corrected chi connectivity index (χ4v) is 3.86. The molecule has 12 nitrogen and oxygen atoms in total. The molecule has 1 fully saturated rings. The summed E-state index contributed by atoms with van der Waals surface area (Å²) >= 11 is 0. The number of aromatic nitrogens is 6. The molecule has 5 heterocycles. The molecule has 37 heavy (non-hydrogen) atoms. The average molecular weight is 496 g/mol. The van der Waals surface area contributed by atoms with Gasteiger partial charge in [0.15, 0.2) is 11.6 Å². The summed E-state index contributed by atoms with van der Waals surface area (Å²) in [5, 5.41) is 19.2. The van der Waals surface area contributed by atoms with Gasteiger partial charge in [-0.25, -0.2) is 25.1 Å². The number of nitriles is 1. The quantitative estimate of drug-likeness (QED) is 0.298. The summed E-state index contributed by atoms with van der Waals surface area (Å²) in [6.07, 6.45) is 7.33. The Morgan fingerprint density at radius 2 is 2.05 bits per heavy atom. The summed E-state index contributed by atoms with van der Waals surface area (Å²) in [7, 11) is 0. The van der Waals surface area contributed by atoms with E-state index in [2.05, 4.69) is 53.4 Å². The first-order chi connectivity index (χ1) is 18.0. The molecule has 12 heteroatoms. The molecule has 0 radical (unpaired) electrons. The summed E-state index contributed by atoms with van der Waals surface area (Å²) in [4.78, 5) is 30.4. The second-order valence-corrected chi connectivity index (χ2v) is 8.77. The van der Waals surface area contributed by atoms with Crippen LogP contribution in [0.25, 0.3) is 17.2 Å². The fourth-order valence-electron chi connectivity index (χ4n) is 3.86. The summed E-state index contributed by atoms with van der Waals surface area (Å²) in [6.45, 7) is 4.31. The number of nitrogens with zero attached hydrogens (tertiary/aromatic N) is 7. The lowest BCUT2D eigenvalue weighted by Crippen LogP contribution is -2.36. The van der Waals surface area contributed by atoms with E-state index in [0.29, 0.717) is 28.8 Å². The van der Waals surface area contributed by atoms with E-state index in [9.17, 15) is 4.79 Å². The maximum absolute atomic E-state index is 12.6. The van der Waals surface area contributed by atoms with E-state index in [0.717, 1.165) is 23.5 Å². The zero-order valence-corrected chi connectivity index (χ0v) is 20.3. The number of hydrogen-bond donors (Lipinski definition) is 4. The van der Waals surface area contributed by atoms with Crippen LogP contribution in [0.5, 0.6) is 0 Å². The number of aryl methyl sites for hydroxylation is 1. The molecular formula is C25H25N11O. The van der Waals surface area contributed by atoms with Crippen LogP contribution in [-0.4, -0.2) is 47.8 Å². The second kappa shape index (κ2) is 10.5. The minimum Gasteiger partial charge on any atom is -0.353 e. The first-order valence-corrected chi connectivity index (χ1v) is 11.7. The molecule has 0 saturated carbocycles. The lowest BCUT2D eigenvalue weighted by Gasteiger charge is -2.14. The predicted octanol–water partition coefficient (Wildman–Crippen LogP) is 1.85. The van der Waals surface area contributed by atoms with Gasteiger partial charge >= 0.3 is 0 Å². The van der Waals surface area contributed by atoms with Gasteiger partial charge in [-0.05, 0) is 44.0 Å². The molecule has 5 rings (SSSR count). The van der Waals surface area contributed by atoms with Crippen LogP contribution in [-0.2, 0) is 6.54 Å². The molecule has 1 amide bonds. The van der Waals surface area contributed by atoms with E-state index < -0.39 is 0 Å². The summed E-state index contributed by atoms with van der Waals surface area (Å²) in [5.41, 5.74) is 9.47. The van der Waals surface area contributed by atoms with Gasteiger partial charge in [0.1, 0.15) is 17.6 Å². The van der Waals surface area contributed by atoms with Crippen LogP contribution >= 0.6 is 0 Å². The third-order valence-corrected chi connectivity index (χ3v) is 5.73. The monoisotopic (exact) mass is 495 g/mol. The largest absolute Gasteiger partial charge is 0.353 e. The highest BCUT2D eigenvalue weighted by Crippen LogP contribution is 2.19. The number of nitrogens with one attached hydrogen (secondary N) is 4. The maximum Gasteiger partial charge on any atom is 0.270 e. The Labute approximate surface area is 213 Å². The Morgan fingerprint density at radius 3 is 2.73 bits per heavy atom. The molecule has 0 spiro atoms. The van der Waals surface area contributed by atoms with E-state index in [-0.39, 0.29) is 24.3 Å². The highest BCUT2D eigenvalue weighted by atomic mass is 16.1. The Bertz CT molecular complexity index is 1440. The maximum atomic E-state index is 12.6. The smallest absolute Gasteiger partial charge is 0.270 e. The standard InChI is InChI=1S/C25H25N11O/c1-15-7-21(32-22-8-16(2)34-35-22)33-24(31-15)19-4-5-20(27-13-19)25(37)29-11-17-3-6-23(28-10-17)36-14-18(9-26)12-30-36/h3-7,10,12-14,16,22,34-35H,8,11H2,1-2H3,(H,29,37)(H,31,32,33). The Balaban J connectivity index is 1.20. The number of anilines is 1. The van der Waals surface area contributed by atoms with Crippen LogP contribution in [0.4, 0.5) is 5.82 Å². The van der Waals surface area contributed by atoms with Crippen molar-refractivity contribution in [3.8, 4) is 23.3 Å². The van der Waals surface area contributed by atoms with Gasteiger partial charge in [-0.15, -0.1) is 0 Å². The number of hydrogen-bond acceptors (Lipinski definition) is 10. The van der Waals surface area contributed by atoms with E-state index in [4.69, 9.17) is 5.26 Å². The molecule has 2 atom stereocenters. The molecule has 0 bridgehead atoms. The average Bonchev–Trinajstić information content (AvgIpc) is 3.56. The second-order valence-electron chi connectivity index (χ2n) is 8.77. The SMILES string of the molecule is Cc1cc(NC2CC(C)NN2)nc(-c2ccc(C(=O)NCc3ccc(-n4cc(C#N)cn4)nc3)nc2)n1. The summed E-state index contributed by atoms with van der Waals surface area (Å²) in [6, 6.07) is 11.3. The zero-order valence-electron chi connectivity index (χ0n) is 20.3. The minimum absolute atomic E-state index is 0.0785. The van der Waals surface area contributed by atoms with Gasteiger partial charge < -0.3 is 10.6 Å². The van der Waals surface area contributed by atoms with E-state index in [1.165, 1.54) is 10.9 Å². The number of hydrazine groups is 1. The van der Waals surface area contributed by atoms with Gasteiger partial charge in [-0.1, -0.05) is 6.07 Å². The first-order valence-electron chi connectivity index (χ1n) is 11.7. The van der Waals surface area contributed by atoms with E-state index in [1.54, 1.807) is 36.8 Å². The number of carbonyl (C=O) groups excluding carboxylic acids is 1. The van der Waals surface area contributed by atoms with Crippen molar-refractivity contribution in [2.45, 2.75) is 39.0 Å². The minimum atomic E-state index is -0.303. The lowest BCUT2D eigenvalue weighted by molar-refractivity contribution is 0.0946. The topological polar surface area (TPSA) is 158 Å². The van der Waals surface area contributed by atoms with E-state index >= 15 is 0 Å². The normalized spacial score (nSPS) is 16.8. The molecule has 1 saturated heterocycles. The number of rotatable bonds is 7. The van der Waals surface area contributed by atoms with Gasteiger partial charge in [-0.2, -0.15) is 10.4 Å². The summed E-state index contributed by atoms with van der Waals surface area (Å²) < 4.78 is 1.52. The molecule has 2 unspecified atom stereocenters. The van der Waals surface area contributed by atoms with Crippen LogP contribution in [0.1, 0.15) is 40.7 Å². The molecule has 0 aromatic carbocycles. The van der Waals surface area contributed by atoms with Gasteiger partial charge in [0.25, 0.3) is 5.91 Å². The van der Waals surface area contributed by atoms with Crippen molar-refractivity contribution in [2.24, 2.45) is 0 Å². The van der Waals surface area contributed by atoms with Gasteiger partial charge in [0.05, 0.1) is 24.1 Å². The highest BCUT2D eigenvalue weighted by Gasteiger charge is 2.20. The Morgan fingerprint density at radius 1 is 1.16 bits per heavy atom. The fraction of sp³-hybridized carbons (Fsp3) is 0.240. The number of carbonyl (C=O) groups is 1. The number of amides is 1.